The van der Waals surface area contributed by atoms with Crippen molar-refractivity contribution in [3.63, 3.8) is 0 Å². The minimum absolute atomic E-state index is 0.0360. The number of carbonyl (C=O) groups is 2. The van der Waals surface area contributed by atoms with Gasteiger partial charge in [0.15, 0.2) is 17.3 Å². The third-order valence-electron chi connectivity index (χ3n) is 6.52. The van der Waals surface area contributed by atoms with Crippen LogP contribution < -0.4 is 24.4 Å². The smallest absolute Gasteiger partial charge is 0.295 e. The maximum absolute atomic E-state index is 15.2. The number of benzene rings is 2. The number of anilines is 1. The standard InChI is InChI=1S/C28H31FN2O6/c1-34-23-16-18(17-24(35-2)26(23)36-3)25(27(32)30-19-10-5-4-6-11-19)31(21-13-8-7-12-20(21)29)28(33)22-14-9-15-37-22/h7-9,12-17,19,25H,4-6,10-11H2,1-3H3,(H,30,32). The first-order valence-corrected chi connectivity index (χ1v) is 12.2. The van der Waals surface area contributed by atoms with E-state index in [9.17, 15) is 9.59 Å². The maximum atomic E-state index is 15.2. The Hall–Kier alpha value is -4.01. The van der Waals surface area contributed by atoms with E-state index in [2.05, 4.69) is 5.32 Å². The molecule has 1 aliphatic carbocycles. The van der Waals surface area contributed by atoms with Gasteiger partial charge in [-0.2, -0.15) is 0 Å². The van der Waals surface area contributed by atoms with Gasteiger partial charge >= 0.3 is 0 Å². The van der Waals surface area contributed by atoms with Crippen LogP contribution in [0, 0.1) is 5.82 Å². The van der Waals surface area contributed by atoms with Crippen LogP contribution in [0.15, 0.2) is 59.2 Å². The average Bonchev–Trinajstić information content (AvgIpc) is 3.47. The molecular weight excluding hydrogens is 479 g/mol. The molecule has 2 amide bonds. The van der Waals surface area contributed by atoms with Gasteiger partial charge in [-0.25, -0.2) is 4.39 Å². The largest absolute Gasteiger partial charge is 0.493 e. The van der Waals surface area contributed by atoms with Gasteiger partial charge < -0.3 is 23.9 Å². The maximum Gasteiger partial charge on any atom is 0.295 e. The number of hydrogen-bond acceptors (Lipinski definition) is 6. The molecule has 0 aliphatic heterocycles. The Balaban J connectivity index is 1.90. The third kappa shape index (κ3) is 5.55. The normalized spacial score (nSPS) is 14.5. The molecule has 1 unspecified atom stereocenters. The lowest BCUT2D eigenvalue weighted by atomic mass is 9.94. The van der Waals surface area contributed by atoms with Crippen LogP contribution in [0.1, 0.15) is 54.3 Å². The molecule has 37 heavy (non-hydrogen) atoms. The zero-order valence-corrected chi connectivity index (χ0v) is 21.2. The highest BCUT2D eigenvalue weighted by Crippen LogP contribution is 2.42. The van der Waals surface area contributed by atoms with E-state index in [1.54, 1.807) is 24.3 Å². The molecule has 8 nitrogen and oxygen atoms in total. The van der Waals surface area contributed by atoms with Gasteiger partial charge in [-0.1, -0.05) is 31.4 Å². The number of methoxy groups -OCH3 is 3. The van der Waals surface area contributed by atoms with Gasteiger partial charge in [-0.15, -0.1) is 0 Å². The number of carbonyl (C=O) groups excluding carboxylic acids is 2. The van der Waals surface area contributed by atoms with Crippen LogP contribution in [-0.4, -0.2) is 39.2 Å². The fraction of sp³-hybridized carbons (Fsp3) is 0.357. The van der Waals surface area contributed by atoms with E-state index in [4.69, 9.17) is 18.6 Å². The molecule has 2 aromatic carbocycles. The SMILES string of the molecule is COc1cc(C(C(=O)NC2CCCCC2)N(C(=O)c2ccco2)c2ccccc2F)cc(OC)c1OC. The number of rotatable bonds is 9. The Bertz CT molecular complexity index is 1200. The summed E-state index contributed by atoms with van der Waals surface area (Å²) in [4.78, 5) is 28.9. The van der Waals surface area contributed by atoms with Crippen molar-refractivity contribution < 1.29 is 32.6 Å². The first-order chi connectivity index (χ1) is 18.0. The Morgan fingerprint density at radius 3 is 2.22 bits per heavy atom. The summed E-state index contributed by atoms with van der Waals surface area (Å²) in [5.41, 5.74) is 0.285. The summed E-state index contributed by atoms with van der Waals surface area (Å²) < 4.78 is 37.0. The molecule has 1 aromatic heterocycles. The number of furan rings is 1. The molecule has 1 saturated carbocycles. The van der Waals surface area contributed by atoms with Crippen molar-refractivity contribution in [2.75, 3.05) is 26.2 Å². The lowest BCUT2D eigenvalue weighted by Gasteiger charge is -2.33. The summed E-state index contributed by atoms with van der Waals surface area (Å²) in [5, 5.41) is 3.09. The van der Waals surface area contributed by atoms with Gasteiger partial charge in [-0.05, 0) is 54.8 Å². The highest BCUT2D eigenvalue weighted by Gasteiger charge is 2.38. The minimum atomic E-state index is -1.27. The summed E-state index contributed by atoms with van der Waals surface area (Å²) in [5.74, 6) is -0.902. The first-order valence-electron chi connectivity index (χ1n) is 12.2. The number of nitrogens with one attached hydrogen (secondary N) is 1. The van der Waals surface area contributed by atoms with Crippen LogP contribution in [0.5, 0.6) is 17.2 Å². The quantitative estimate of drug-likeness (QED) is 0.421. The van der Waals surface area contributed by atoms with Crippen LogP contribution in [0.3, 0.4) is 0 Å². The fourth-order valence-electron chi connectivity index (χ4n) is 4.74. The molecular formula is C28H31FN2O6. The lowest BCUT2D eigenvalue weighted by molar-refractivity contribution is -0.123. The number of amides is 2. The molecule has 0 radical (unpaired) electrons. The van der Waals surface area contributed by atoms with Crippen molar-refractivity contribution in [3.8, 4) is 17.2 Å². The molecule has 1 atom stereocenters. The zero-order valence-electron chi connectivity index (χ0n) is 21.2. The highest BCUT2D eigenvalue weighted by molar-refractivity contribution is 6.08. The van der Waals surface area contributed by atoms with Crippen LogP contribution in [-0.2, 0) is 4.79 Å². The molecule has 9 heteroatoms. The monoisotopic (exact) mass is 510 g/mol. The number of nitrogens with zero attached hydrogens (tertiary/aromatic N) is 1. The molecule has 4 rings (SSSR count). The Kier molecular flexibility index (Phi) is 8.32. The summed E-state index contributed by atoms with van der Waals surface area (Å²) in [6.07, 6.45) is 6.13. The van der Waals surface area contributed by atoms with E-state index >= 15 is 4.39 Å². The van der Waals surface area contributed by atoms with E-state index in [1.165, 1.54) is 51.9 Å². The second-order valence-electron chi connectivity index (χ2n) is 8.81. The van der Waals surface area contributed by atoms with Crippen LogP contribution in [0.4, 0.5) is 10.1 Å². The topological polar surface area (TPSA) is 90.2 Å². The van der Waals surface area contributed by atoms with Crippen molar-refractivity contribution in [2.45, 2.75) is 44.2 Å². The van der Waals surface area contributed by atoms with E-state index in [0.717, 1.165) is 37.0 Å². The predicted octanol–water partition coefficient (Wildman–Crippen LogP) is 5.28. The van der Waals surface area contributed by atoms with E-state index in [0.29, 0.717) is 22.8 Å². The molecule has 0 saturated heterocycles. The molecule has 0 bridgehead atoms. The Morgan fingerprint density at radius 1 is 0.973 bits per heavy atom. The van der Waals surface area contributed by atoms with E-state index in [1.807, 2.05) is 0 Å². The second kappa shape index (κ2) is 11.8. The van der Waals surface area contributed by atoms with Gasteiger partial charge in [0, 0.05) is 6.04 Å². The van der Waals surface area contributed by atoms with Crippen LogP contribution in [0.2, 0.25) is 0 Å². The van der Waals surface area contributed by atoms with Crippen LogP contribution >= 0.6 is 0 Å². The van der Waals surface area contributed by atoms with Crippen molar-refractivity contribution in [1.29, 1.82) is 0 Å². The van der Waals surface area contributed by atoms with Gasteiger partial charge in [0.05, 0.1) is 33.3 Å². The zero-order chi connectivity index (χ0) is 26.4. The Morgan fingerprint density at radius 2 is 1.65 bits per heavy atom. The fourth-order valence-corrected chi connectivity index (χ4v) is 4.74. The van der Waals surface area contributed by atoms with E-state index < -0.39 is 23.7 Å². The van der Waals surface area contributed by atoms with Crippen molar-refractivity contribution >= 4 is 17.5 Å². The van der Waals surface area contributed by atoms with E-state index in [-0.39, 0.29) is 17.5 Å². The number of halogens is 1. The highest BCUT2D eigenvalue weighted by atomic mass is 19.1. The van der Waals surface area contributed by atoms with Gasteiger partial charge in [0.25, 0.3) is 5.91 Å². The van der Waals surface area contributed by atoms with Gasteiger partial charge in [-0.3, -0.25) is 14.5 Å². The molecule has 1 fully saturated rings. The molecule has 3 aromatic rings. The summed E-state index contributed by atoms with van der Waals surface area (Å²) >= 11 is 0. The second-order valence-corrected chi connectivity index (χ2v) is 8.81. The van der Waals surface area contributed by atoms with Gasteiger partial charge in [0.1, 0.15) is 11.9 Å². The third-order valence-corrected chi connectivity index (χ3v) is 6.52. The Labute approximate surface area is 215 Å². The number of hydrogen-bond donors (Lipinski definition) is 1. The molecule has 196 valence electrons. The molecule has 1 heterocycles. The average molecular weight is 511 g/mol. The summed E-state index contributed by atoms with van der Waals surface area (Å²) in [6, 6.07) is 10.7. The van der Waals surface area contributed by atoms with Crippen molar-refractivity contribution in [1.82, 2.24) is 5.32 Å². The molecule has 0 spiro atoms. The summed E-state index contributed by atoms with van der Waals surface area (Å²) in [7, 11) is 4.39. The predicted molar refractivity (Wildman–Crippen MR) is 136 cm³/mol. The number of para-hydroxylation sites is 1. The van der Waals surface area contributed by atoms with Crippen molar-refractivity contribution in [3.05, 3.63) is 71.9 Å². The minimum Gasteiger partial charge on any atom is -0.493 e. The first kappa shape index (κ1) is 26.1. The van der Waals surface area contributed by atoms with Gasteiger partial charge in [0.2, 0.25) is 11.7 Å². The molecule has 1 N–H and O–H groups in total. The summed E-state index contributed by atoms with van der Waals surface area (Å²) in [6.45, 7) is 0. The lowest BCUT2D eigenvalue weighted by Crippen LogP contribution is -2.47. The van der Waals surface area contributed by atoms with Crippen molar-refractivity contribution in [2.24, 2.45) is 0 Å². The molecule has 1 aliphatic rings. The number of ether oxygens (including phenoxy) is 3. The van der Waals surface area contributed by atoms with Crippen LogP contribution in [0.25, 0.3) is 0 Å².